The summed E-state index contributed by atoms with van der Waals surface area (Å²) in [6, 6.07) is 9.53. The molecule has 1 aromatic carbocycles. The third-order valence-electron chi connectivity index (χ3n) is 6.03. The van der Waals surface area contributed by atoms with Crippen molar-refractivity contribution in [2.24, 2.45) is 5.92 Å². The molecule has 0 saturated carbocycles. The van der Waals surface area contributed by atoms with Crippen molar-refractivity contribution in [3.8, 4) is 5.69 Å². The number of carbonyl (C=O) groups is 1. The molecule has 3 aromatic rings. The van der Waals surface area contributed by atoms with Gasteiger partial charge in [0.05, 0.1) is 11.4 Å². The molecule has 8 heteroatoms. The largest absolute Gasteiger partial charge is 0.349 e. The normalized spacial score (nSPS) is 16.1. The van der Waals surface area contributed by atoms with Gasteiger partial charge in [0.25, 0.3) is 5.91 Å². The highest BCUT2D eigenvalue weighted by atomic mass is 16.2. The van der Waals surface area contributed by atoms with E-state index in [0.717, 1.165) is 35.7 Å². The van der Waals surface area contributed by atoms with Gasteiger partial charge in [-0.25, -0.2) is 14.2 Å². The molecule has 32 heavy (non-hydrogen) atoms. The van der Waals surface area contributed by atoms with Gasteiger partial charge >= 0.3 is 5.69 Å². The summed E-state index contributed by atoms with van der Waals surface area (Å²) in [5.41, 5.74) is 3.40. The predicted octanol–water partition coefficient (Wildman–Crippen LogP) is 3.03. The molecule has 1 aliphatic rings. The summed E-state index contributed by atoms with van der Waals surface area (Å²) in [7, 11) is 0. The number of nitrogens with one attached hydrogen (secondary N) is 1. The van der Waals surface area contributed by atoms with Crippen molar-refractivity contribution in [2.45, 2.75) is 72.5 Å². The van der Waals surface area contributed by atoms with Gasteiger partial charge in [0.15, 0.2) is 0 Å². The van der Waals surface area contributed by atoms with Gasteiger partial charge in [-0.2, -0.15) is 10.2 Å². The van der Waals surface area contributed by atoms with Crippen LogP contribution in [0.25, 0.3) is 5.69 Å². The van der Waals surface area contributed by atoms with Gasteiger partial charge in [0.2, 0.25) is 0 Å². The van der Waals surface area contributed by atoms with Gasteiger partial charge in [0.1, 0.15) is 5.82 Å². The number of nitrogens with zero attached hydrogens (tertiary/aromatic N) is 5. The molecule has 0 fully saturated rings. The summed E-state index contributed by atoms with van der Waals surface area (Å²) >= 11 is 0. The first-order valence-electron chi connectivity index (χ1n) is 11.4. The Morgan fingerprint density at radius 2 is 2.00 bits per heavy atom. The first-order valence-corrected chi connectivity index (χ1v) is 11.4. The molecule has 8 nitrogen and oxygen atoms in total. The molecule has 0 aliphatic carbocycles. The molecule has 1 unspecified atom stereocenters. The van der Waals surface area contributed by atoms with E-state index >= 15 is 0 Å². The van der Waals surface area contributed by atoms with Crippen LogP contribution in [0.5, 0.6) is 0 Å². The maximum atomic E-state index is 13.0. The molecule has 1 aliphatic heterocycles. The van der Waals surface area contributed by atoms with Crippen LogP contribution >= 0.6 is 0 Å². The minimum atomic E-state index is -0.104. The lowest BCUT2D eigenvalue weighted by molar-refractivity contribution is 0.0933. The minimum absolute atomic E-state index is 0.00468. The molecule has 0 spiro atoms. The van der Waals surface area contributed by atoms with E-state index in [1.165, 1.54) is 0 Å². The second-order valence-corrected chi connectivity index (χ2v) is 9.14. The number of hydrogen-bond acceptors (Lipinski definition) is 4. The van der Waals surface area contributed by atoms with Gasteiger partial charge in [-0.15, -0.1) is 0 Å². The molecule has 0 bridgehead atoms. The smallest absolute Gasteiger partial charge is 0.345 e. The van der Waals surface area contributed by atoms with Crippen LogP contribution in [-0.2, 0) is 19.5 Å². The number of rotatable bonds is 6. The van der Waals surface area contributed by atoms with Crippen LogP contribution in [-0.4, -0.2) is 36.1 Å². The Kier molecular flexibility index (Phi) is 6.30. The topological polar surface area (TPSA) is 86.7 Å². The maximum Gasteiger partial charge on any atom is 0.345 e. The first kappa shape index (κ1) is 22.0. The van der Waals surface area contributed by atoms with E-state index in [4.69, 9.17) is 0 Å². The Morgan fingerprint density at radius 1 is 1.19 bits per heavy atom. The molecule has 4 rings (SSSR count). The van der Waals surface area contributed by atoms with Crippen molar-refractivity contribution in [3.05, 3.63) is 63.6 Å². The SMILES string of the molecule is Cc1cc(C)n(-c2cccc(C(=O)NC3CCc4nn(CCC(C)C)c(=O)n4CC3)c2)n1. The first-order chi connectivity index (χ1) is 15.3. The summed E-state index contributed by atoms with van der Waals surface area (Å²) in [5.74, 6) is 1.25. The Bertz CT molecular complexity index is 1170. The Labute approximate surface area is 188 Å². The molecular formula is C24H32N6O2. The Morgan fingerprint density at radius 3 is 2.72 bits per heavy atom. The Balaban J connectivity index is 1.42. The monoisotopic (exact) mass is 436 g/mol. The summed E-state index contributed by atoms with van der Waals surface area (Å²) in [6.07, 6.45) is 3.10. The molecule has 1 atom stereocenters. The van der Waals surface area contributed by atoms with E-state index in [2.05, 4.69) is 29.4 Å². The highest BCUT2D eigenvalue weighted by Gasteiger charge is 2.22. The van der Waals surface area contributed by atoms with Crippen LogP contribution in [0.2, 0.25) is 0 Å². The van der Waals surface area contributed by atoms with E-state index in [0.29, 0.717) is 37.4 Å². The van der Waals surface area contributed by atoms with E-state index in [1.807, 2.05) is 48.9 Å². The summed E-state index contributed by atoms with van der Waals surface area (Å²) in [4.78, 5) is 25.6. The molecular weight excluding hydrogens is 404 g/mol. The van der Waals surface area contributed by atoms with Crippen molar-refractivity contribution < 1.29 is 4.79 Å². The lowest BCUT2D eigenvalue weighted by Gasteiger charge is -2.16. The molecule has 0 radical (unpaired) electrons. The fourth-order valence-electron chi connectivity index (χ4n) is 4.24. The summed E-state index contributed by atoms with van der Waals surface area (Å²) in [5, 5.41) is 12.2. The number of aromatic nitrogens is 5. The second kappa shape index (κ2) is 9.14. The van der Waals surface area contributed by atoms with E-state index < -0.39 is 0 Å². The van der Waals surface area contributed by atoms with Crippen molar-refractivity contribution in [1.29, 1.82) is 0 Å². The molecule has 1 N–H and O–H groups in total. The number of amides is 1. The van der Waals surface area contributed by atoms with Crippen LogP contribution in [0.3, 0.4) is 0 Å². The van der Waals surface area contributed by atoms with Crippen molar-refractivity contribution >= 4 is 5.91 Å². The van der Waals surface area contributed by atoms with Crippen LogP contribution in [0.15, 0.2) is 35.1 Å². The number of aryl methyl sites for hydroxylation is 4. The summed E-state index contributed by atoms with van der Waals surface area (Å²) in [6.45, 7) is 9.47. The number of fused-ring (bicyclic) bond motifs is 1. The van der Waals surface area contributed by atoms with Gasteiger partial charge in [-0.05, 0) is 63.3 Å². The zero-order valence-electron chi connectivity index (χ0n) is 19.3. The van der Waals surface area contributed by atoms with Gasteiger partial charge in [-0.3, -0.25) is 9.36 Å². The lowest BCUT2D eigenvalue weighted by Crippen LogP contribution is -2.36. The van der Waals surface area contributed by atoms with E-state index in [-0.39, 0.29) is 17.6 Å². The van der Waals surface area contributed by atoms with E-state index in [9.17, 15) is 9.59 Å². The average molecular weight is 437 g/mol. The average Bonchev–Trinajstić information content (AvgIpc) is 3.17. The zero-order chi connectivity index (χ0) is 22.8. The fourth-order valence-corrected chi connectivity index (χ4v) is 4.24. The predicted molar refractivity (Wildman–Crippen MR) is 123 cm³/mol. The molecule has 1 amide bonds. The maximum absolute atomic E-state index is 13.0. The standard InChI is InChI=1S/C24H32N6O2/c1-16(2)10-13-29-24(32)28-12-11-20(8-9-22(28)27-29)25-23(31)19-6-5-7-21(15-19)30-18(4)14-17(3)26-30/h5-7,14-16,20H,8-13H2,1-4H3,(H,25,31). The zero-order valence-corrected chi connectivity index (χ0v) is 19.3. The number of carbonyl (C=O) groups excluding carboxylic acids is 1. The van der Waals surface area contributed by atoms with Crippen molar-refractivity contribution in [1.82, 2.24) is 29.4 Å². The fraction of sp³-hybridized carbons (Fsp3) is 0.500. The third kappa shape index (κ3) is 4.69. The van der Waals surface area contributed by atoms with Gasteiger partial charge < -0.3 is 5.32 Å². The molecule has 2 aromatic heterocycles. The number of benzene rings is 1. The second-order valence-electron chi connectivity index (χ2n) is 9.14. The van der Waals surface area contributed by atoms with Crippen LogP contribution < -0.4 is 11.0 Å². The van der Waals surface area contributed by atoms with E-state index in [1.54, 1.807) is 9.25 Å². The van der Waals surface area contributed by atoms with Crippen molar-refractivity contribution in [2.75, 3.05) is 0 Å². The van der Waals surface area contributed by atoms with Gasteiger partial charge in [-0.1, -0.05) is 19.9 Å². The van der Waals surface area contributed by atoms with Crippen LogP contribution in [0.1, 0.15) is 60.7 Å². The van der Waals surface area contributed by atoms with Crippen molar-refractivity contribution in [3.63, 3.8) is 0 Å². The number of hydrogen-bond donors (Lipinski definition) is 1. The lowest BCUT2D eigenvalue weighted by atomic mass is 10.1. The Hall–Kier alpha value is -3.16. The third-order valence-corrected chi connectivity index (χ3v) is 6.03. The molecule has 170 valence electrons. The minimum Gasteiger partial charge on any atom is -0.349 e. The van der Waals surface area contributed by atoms with Crippen LogP contribution in [0.4, 0.5) is 0 Å². The van der Waals surface area contributed by atoms with Gasteiger partial charge in [0, 0.05) is 36.8 Å². The highest BCUT2D eigenvalue weighted by Crippen LogP contribution is 2.16. The molecule has 0 saturated heterocycles. The highest BCUT2D eigenvalue weighted by molar-refractivity contribution is 5.94. The van der Waals surface area contributed by atoms with Crippen LogP contribution in [0, 0.1) is 19.8 Å². The quantitative estimate of drug-likeness (QED) is 0.644. The summed E-state index contributed by atoms with van der Waals surface area (Å²) < 4.78 is 5.22. The molecule has 3 heterocycles.